The Morgan fingerprint density at radius 3 is 1.94 bits per heavy atom. The number of fused-ring (bicyclic) bond motifs is 3. The van der Waals surface area contributed by atoms with E-state index in [4.69, 9.17) is 0 Å². The first kappa shape index (κ1) is 26.0. The molecule has 1 fully saturated rings. The van der Waals surface area contributed by atoms with Crippen molar-refractivity contribution in [2.75, 3.05) is 0 Å². The average Bonchev–Trinajstić information content (AvgIpc) is 2.72. The first-order valence-electron chi connectivity index (χ1n) is 13.6. The van der Waals surface area contributed by atoms with Crippen molar-refractivity contribution in [3.8, 4) is 0 Å². The van der Waals surface area contributed by atoms with E-state index >= 15 is 0 Å². The molecule has 1 heteroatoms. The molecule has 0 N–H and O–H groups in total. The fourth-order valence-electron chi connectivity index (χ4n) is 6.35. The summed E-state index contributed by atoms with van der Waals surface area (Å²) in [5, 5.41) is 0. The molecule has 0 bridgehead atoms. The van der Waals surface area contributed by atoms with Gasteiger partial charge in [-0.15, -0.1) is 0 Å². The Morgan fingerprint density at radius 2 is 1.38 bits per heavy atom. The molecule has 2 aromatic rings. The summed E-state index contributed by atoms with van der Waals surface area (Å²) in [6.45, 7) is 24.3. The molecule has 0 heterocycles. The molecule has 0 saturated heterocycles. The van der Waals surface area contributed by atoms with Gasteiger partial charge in [-0.05, 0) is 0 Å². The third-order valence-corrected chi connectivity index (χ3v) is 11.7. The molecule has 0 amide bonds. The number of hydrogen-bond acceptors (Lipinski definition) is 0. The maximum absolute atomic E-state index is 2.58. The van der Waals surface area contributed by atoms with Gasteiger partial charge in [0.25, 0.3) is 0 Å². The number of aryl methyl sites for hydroxylation is 1. The van der Waals surface area contributed by atoms with E-state index in [1.807, 2.05) is 0 Å². The molecule has 2 aliphatic carbocycles. The topological polar surface area (TPSA) is 0 Å². The standard InChI is InChI=1S/C33H48Se/c1-30(2,3)24-20-27(31(4,5)6)29(28(21-24)32(7,8)9)34-25-17-18-33(10)23(19-25)16-15-22-13-11-12-14-26(22)33/h11-14,20-21,23,25H,15-19H2,1-10H3/t23-,25-,33-/m1/s1. The van der Waals surface area contributed by atoms with Crippen LogP contribution in [0.1, 0.15) is 123 Å². The first-order valence-corrected chi connectivity index (χ1v) is 15.4. The van der Waals surface area contributed by atoms with Gasteiger partial charge in [0.2, 0.25) is 0 Å². The van der Waals surface area contributed by atoms with E-state index in [2.05, 4.69) is 106 Å². The van der Waals surface area contributed by atoms with Crippen molar-refractivity contribution in [2.45, 2.75) is 128 Å². The Hall–Kier alpha value is -1.04. The maximum atomic E-state index is 2.58. The van der Waals surface area contributed by atoms with Crippen LogP contribution in [0.4, 0.5) is 0 Å². The van der Waals surface area contributed by atoms with Gasteiger partial charge in [-0.1, -0.05) is 0 Å². The van der Waals surface area contributed by atoms with E-state index in [1.54, 1.807) is 26.7 Å². The van der Waals surface area contributed by atoms with Gasteiger partial charge < -0.3 is 0 Å². The predicted molar refractivity (Wildman–Crippen MR) is 151 cm³/mol. The Morgan fingerprint density at radius 1 is 0.794 bits per heavy atom. The predicted octanol–water partition coefficient (Wildman–Crippen LogP) is 8.40. The van der Waals surface area contributed by atoms with E-state index in [0.717, 1.165) is 10.7 Å². The summed E-state index contributed by atoms with van der Waals surface area (Å²) in [4.78, 5) is 0.860. The second kappa shape index (κ2) is 8.81. The van der Waals surface area contributed by atoms with Gasteiger partial charge in [-0.3, -0.25) is 0 Å². The Bertz CT molecular complexity index is 1000. The summed E-state index contributed by atoms with van der Waals surface area (Å²) < 4.78 is 1.73. The van der Waals surface area contributed by atoms with Crippen LogP contribution in [0.2, 0.25) is 4.82 Å². The van der Waals surface area contributed by atoms with Crippen molar-refractivity contribution < 1.29 is 0 Å². The molecular weight excluding hydrogens is 475 g/mol. The zero-order valence-corrected chi connectivity index (χ0v) is 25.3. The van der Waals surface area contributed by atoms with Crippen LogP contribution >= 0.6 is 0 Å². The third-order valence-electron chi connectivity index (χ3n) is 8.68. The molecule has 34 heavy (non-hydrogen) atoms. The van der Waals surface area contributed by atoms with Crippen LogP contribution in [0.3, 0.4) is 0 Å². The zero-order chi connectivity index (χ0) is 25.1. The summed E-state index contributed by atoms with van der Waals surface area (Å²) in [6.07, 6.45) is 6.81. The van der Waals surface area contributed by atoms with Gasteiger partial charge in [-0.25, -0.2) is 0 Å². The minimum atomic E-state index is 0.172. The number of hydrogen-bond donors (Lipinski definition) is 0. The van der Waals surface area contributed by atoms with Crippen molar-refractivity contribution in [2.24, 2.45) is 5.92 Å². The van der Waals surface area contributed by atoms with Gasteiger partial charge >= 0.3 is 217 Å². The normalized spacial score (nSPS) is 25.6. The summed E-state index contributed by atoms with van der Waals surface area (Å²) >= 11 is 0.514. The quantitative estimate of drug-likeness (QED) is 0.347. The van der Waals surface area contributed by atoms with Crippen molar-refractivity contribution in [1.29, 1.82) is 0 Å². The molecule has 2 aromatic carbocycles. The average molecular weight is 524 g/mol. The van der Waals surface area contributed by atoms with Crippen molar-refractivity contribution >= 4 is 19.4 Å². The minimum absolute atomic E-state index is 0.172. The van der Waals surface area contributed by atoms with Crippen molar-refractivity contribution in [3.63, 3.8) is 0 Å². The fraction of sp³-hybridized carbons (Fsp3) is 0.636. The van der Waals surface area contributed by atoms with Crippen LogP contribution in [0.25, 0.3) is 0 Å². The van der Waals surface area contributed by atoms with Crippen molar-refractivity contribution in [1.82, 2.24) is 0 Å². The summed E-state index contributed by atoms with van der Waals surface area (Å²) in [5.74, 6) is 0.841. The van der Waals surface area contributed by atoms with Crippen LogP contribution in [0, 0.1) is 5.92 Å². The third kappa shape index (κ3) is 4.95. The Balaban J connectivity index is 1.71. The van der Waals surface area contributed by atoms with Crippen molar-refractivity contribution in [3.05, 3.63) is 64.2 Å². The monoisotopic (exact) mass is 524 g/mol. The van der Waals surface area contributed by atoms with E-state index in [-0.39, 0.29) is 16.2 Å². The molecule has 3 atom stereocenters. The molecule has 0 aromatic heterocycles. The first-order chi connectivity index (χ1) is 15.6. The van der Waals surface area contributed by atoms with Crippen LogP contribution in [-0.4, -0.2) is 15.0 Å². The van der Waals surface area contributed by atoms with E-state index < -0.39 is 0 Å². The second-order valence-corrected chi connectivity index (χ2v) is 17.2. The number of rotatable bonds is 2. The Kier molecular flexibility index (Phi) is 6.75. The van der Waals surface area contributed by atoms with Crippen LogP contribution < -0.4 is 4.46 Å². The summed E-state index contributed by atoms with van der Waals surface area (Å²) in [7, 11) is 0. The van der Waals surface area contributed by atoms with Gasteiger partial charge in [-0.2, -0.15) is 0 Å². The molecule has 186 valence electrons. The molecule has 2 aliphatic rings. The fourth-order valence-corrected chi connectivity index (χ4v) is 10.3. The molecule has 0 aliphatic heterocycles. The zero-order valence-electron chi connectivity index (χ0n) is 23.6. The molecule has 0 spiro atoms. The summed E-state index contributed by atoms with van der Waals surface area (Å²) in [6, 6.07) is 14.5. The van der Waals surface area contributed by atoms with Gasteiger partial charge in [0, 0.05) is 0 Å². The van der Waals surface area contributed by atoms with E-state index in [1.165, 1.54) is 37.7 Å². The van der Waals surface area contributed by atoms with E-state index in [0.29, 0.717) is 20.4 Å². The Labute approximate surface area is 216 Å². The SMILES string of the molecule is CC(C)(C)c1cc(C(C)(C)C)c([Se][C@@H]2CC[C@@]3(C)c4ccccc4CC[C@@H]3C2)c(C(C)(C)C)c1. The van der Waals surface area contributed by atoms with Gasteiger partial charge in [0.05, 0.1) is 0 Å². The molecule has 4 rings (SSSR count). The van der Waals surface area contributed by atoms with Gasteiger partial charge in [0.1, 0.15) is 0 Å². The number of benzene rings is 2. The summed E-state index contributed by atoms with van der Waals surface area (Å²) in [5.41, 5.74) is 8.92. The van der Waals surface area contributed by atoms with E-state index in [9.17, 15) is 0 Å². The molecule has 0 nitrogen and oxygen atoms in total. The van der Waals surface area contributed by atoms with Gasteiger partial charge in [0.15, 0.2) is 0 Å². The van der Waals surface area contributed by atoms with Crippen LogP contribution in [0.15, 0.2) is 36.4 Å². The molecule has 0 unspecified atom stereocenters. The second-order valence-electron chi connectivity index (χ2n) is 14.5. The van der Waals surface area contributed by atoms with Crippen LogP contribution in [0.5, 0.6) is 0 Å². The van der Waals surface area contributed by atoms with Crippen LogP contribution in [-0.2, 0) is 28.1 Å². The molecular formula is C33H48Se. The molecule has 1 saturated carbocycles. The molecule has 0 radical (unpaired) electrons.